The summed E-state index contributed by atoms with van der Waals surface area (Å²) in [7, 11) is 1.95. The lowest BCUT2D eigenvalue weighted by atomic mass is 10.3. The minimum absolute atomic E-state index is 0.515. The van der Waals surface area contributed by atoms with E-state index in [-0.39, 0.29) is 0 Å². The molecule has 0 amide bonds. The van der Waals surface area contributed by atoms with Gasteiger partial charge in [-0.1, -0.05) is 0 Å². The van der Waals surface area contributed by atoms with Crippen LogP contribution in [0, 0.1) is 0 Å². The molecule has 19 heavy (non-hydrogen) atoms. The molecular formula is C13H18N6. The van der Waals surface area contributed by atoms with Gasteiger partial charge < -0.3 is 11.1 Å². The van der Waals surface area contributed by atoms with Gasteiger partial charge in [0, 0.05) is 43.9 Å². The first kappa shape index (κ1) is 12.0. The van der Waals surface area contributed by atoms with E-state index in [9.17, 15) is 0 Å². The number of nitrogens with zero attached hydrogens (tertiary/aromatic N) is 4. The molecule has 2 aromatic heterocycles. The van der Waals surface area contributed by atoms with Crippen LogP contribution >= 0.6 is 0 Å². The molecule has 0 radical (unpaired) electrons. The lowest BCUT2D eigenvalue weighted by Gasteiger charge is -2.08. The molecule has 3 N–H and O–H groups in total. The van der Waals surface area contributed by atoms with Gasteiger partial charge in [-0.05, 0) is 18.9 Å². The van der Waals surface area contributed by atoms with E-state index >= 15 is 0 Å². The quantitative estimate of drug-likeness (QED) is 0.845. The van der Waals surface area contributed by atoms with Crippen molar-refractivity contribution in [1.82, 2.24) is 19.7 Å². The molecule has 1 saturated carbocycles. The third-order valence-corrected chi connectivity index (χ3v) is 3.32. The van der Waals surface area contributed by atoms with Gasteiger partial charge in [0.1, 0.15) is 17.5 Å². The monoisotopic (exact) mass is 258 g/mol. The zero-order valence-electron chi connectivity index (χ0n) is 11.0. The van der Waals surface area contributed by atoms with Crippen LogP contribution in [0.5, 0.6) is 0 Å². The number of nitrogens with two attached hydrogens (primary N) is 1. The fourth-order valence-corrected chi connectivity index (χ4v) is 2.07. The van der Waals surface area contributed by atoms with Gasteiger partial charge in [0.15, 0.2) is 0 Å². The van der Waals surface area contributed by atoms with Gasteiger partial charge in [-0.3, -0.25) is 4.68 Å². The number of nitrogen functional groups attached to an aromatic ring is 1. The van der Waals surface area contributed by atoms with E-state index in [1.807, 2.05) is 24.0 Å². The van der Waals surface area contributed by atoms with Gasteiger partial charge in [0.2, 0.25) is 0 Å². The van der Waals surface area contributed by atoms with Crippen molar-refractivity contribution in [3.8, 4) is 0 Å². The number of aromatic nitrogens is 4. The number of anilines is 2. The molecule has 0 bridgehead atoms. The minimum atomic E-state index is 0.515. The van der Waals surface area contributed by atoms with E-state index in [0.717, 1.165) is 24.6 Å². The maximum absolute atomic E-state index is 5.81. The van der Waals surface area contributed by atoms with Gasteiger partial charge in [0.25, 0.3) is 0 Å². The maximum Gasteiger partial charge on any atom is 0.136 e. The molecule has 0 aliphatic heterocycles. The van der Waals surface area contributed by atoms with Crippen LogP contribution < -0.4 is 11.1 Å². The van der Waals surface area contributed by atoms with E-state index < -0.39 is 0 Å². The Morgan fingerprint density at radius 3 is 2.95 bits per heavy atom. The van der Waals surface area contributed by atoms with Crippen molar-refractivity contribution in [3.05, 3.63) is 29.8 Å². The van der Waals surface area contributed by atoms with Crippen molar-refractivity contribution in [3.63, 3.8) is 0 Å². The van der Waals surface area contributed by atoms with Crippen LogP contribution in [-0.2, 0) is 13.5 Å². The van der Waals surface area contributed by atoms with Crippen LogP contribution in [0.15, 0.2) is 18.3 Å². The lowest BCUT2D eigenvalue weighted by Crippen LogP contribution is -2.11. The number of nitrogens with one attached hydrogen (secondary N) is 1. The van der Waals surface area contributed by atoms with Crippen LogP contribution in [0.4, 0.5) is 11.6 Å². The Labute approximate surface area is 112 Å². The van der Waals surface area contributed by atoms with Crippen LogP contribution in [0.25, 0.3) is 0 Å². The molecule has 3 rings (SSSR count). The zero-order valence-corrected chi connectivity index (χ0v) is 11.0. The largest absolute Gasteiger partial charge is 0.384 e. The molecule has 0 spiro atoms. The Morgan fingerprint density at radius 2 is 2.26 bits per heavy atom. The predicted octanol–water partition coefficient (Wildman–Crippen LogP) is 1.32. The Hall–Kier alpha value is -2.11. The van der Waals surface area contributed by atoms with E-state index in [4.69, 9.17) is 5.73 Å². The van der Waals surface area contributed by atoms with Gasteiger partial charge in [-0.15, -0.1) is 0 Å². The van der Waals surface area contributed by atoms with E-state index in [2.05, 4.69) is 20.4 Å². The predicted molar refractivity (Wildman–Crippen MR) is 73.8 cm³/mol. The first-order valence-corrected chi connectivity index (χ1v) is 6.57. The summed E-state index contributed by atoms with van der Waals surface area (Å²) in [6, 6.07) is 3.81. The number of hydrogen-bond donors (Lipinski definition) is 2. The second-order valence-corrected chi connectivity index (χ2v) is 4.93. The smallest absolute Gasteiger partial charge is 0.136 e. The summed E-state index contributed by atoms with van der Waals surface area (Å²) in [5.41, 5.74) is 7.00. The summed E-state index contributed by atoms with van der Waals surface area (Å²) in [4.78, 5) is 8.79. The number of hydrogen-bond acceptors (Lipinski definition) is 5. The molecule has 0 aromatic carbocycles. The second-order valence-electron chi connectivity index (χ2n) is 4.93. The van der Waals surface area contributed by atoms with E-state index in [1.165, 1.54) is 18.5 Å². The molecule has 1 aliphatic carbocycles. The van der Waals surface area contributed by atoms with Crippen LogP contribution in [0.1, 0.15) is 30.3 Å². The van der Waals surface area contributed by atoms with Crippen molar-refractivity contribution < 1.29 is 0 Å². The minimum Gasteiger partial charge on any atom is -0.384 e. The molecule has 1 aliphatic rings. The number of rotatable bonds is 5. The first-order valence-electron chi connectivity index (χ1n) is 6.57. The third-order valence-electron chi connectivity index (χ3n) is 3.32. The zero-order chi connectivity index (χ0) is 13.2. The van der Waals surface area contributed by atoms with Crippen LogP contribution in [0.3, 0.4) is 0 Å². The molecule has 6 heteroatoms. The van der Waals surface area contributed by atoms with Crippen molar-refractivity contribution in [2.75, 3.05) is 17.6 Å². The molecule has 0 unspecified atom stereocenters. The van der Waals surface area contributed by atoms with Gasteiger partial charge in [0.05, 0.1) is 0 Å². The maximum atomic E-state index is 5.81. The summed E-state index contributed by atoms with van der Waals surface area (Å²) in [6.07, 6.45) is 5.07. The molecular weight excluding hydrogens is 240 g/mol. The Bertz CT molecular complexity index is 572. The van der Waals surface area contributed by atoms with E-state index in [1.54, 1.807) is 6.07 Å². The molecule has 100 valence electrons. The molecule has 0 saturated heterocycles. The van der Waals surface area contributed by atoms with Gasteiger partial charge in [-0.25, -0.2) is 9.97 Å². The summed E-state index contributed by atoms with van der Waals surface area (Å²) in [5, 5.41) is 7.45. The SMILES string of the molecule is Cn1nccc1CCNc1cc(N)nc(C2CC2)n1. The lowest BCUT2D eigenvalue weighted by molar-refractivity contribution is 0.710. The third kappa shape index (κ3) is 2.83. The highest BCUT2D eigenvalue weighted by Gasteiger charge is 2.27. The van der Waals surface area contributed by atoms with Gasteiger partial charge in [-0.2, -0.15) is 5.10 Å². The highest BCUT2D eigenvalue weighted by Crippen LogP contribution is 2.38. The first-order chi connectivity index (χ1) is 9.22. The highest BCUT2D eigenvalue weighted by atomic mass is 15.3. The summed E-state index contributed by atoms with van der Waals surface area (Å²) >= 11 is 0. The molecule has 2 aromatic rings. The normalized spacial score (nSPS) is 14.6. The summed E-state index contributed by atoms with van der Waals surface area (Å²) < 4.78 is 1.88. The fraction of sp³-hybridized carbons (Fsp3) is 0.462. The van der Waals surface area contributed by atoms with Crippen molar-refractivity contribution in [2.45, 2.75) is 25.2 Å². The second kappa shape index (κ2) is 4.87. The Kier molecular flexibility index (Phi) is 3.06. The van der Waals surface area contributed by atoms with Crippen LogP contribution in [0.2, 0.25) is 0 Å². The molecule has 0 atom stereocenters. The van der Waals surface area contributed by atoms with Gasteiger partial charge >= 0.3 is 0 Å². The number of aryl methyl sites for hydroxylation is 1. The Morgan fingerprint density at radius 1 is 1.42 bits per heavy atom. The van der Waals surface area contributed by atoms with E-state index in [0.29, 0.717) is 11.7 Å². The standard InChI is InChI=1S/C13H18N6/c1-19-10(5-7-16-19)4-6-15-12-8-11(14)17-13(18-12)9-2-3-9/h5,7-9H,2-4,6H2,1H3,(H3,14,15,17,18). The average molecular weight is 258 g/mol. The molecule has 1 fully saturated rings. The molecule has 6 nitrogen and oxygen atoms in total. The topological polar surface area (TPSA) is 81.7 Å². The van der Waals surface area contributed by atoms with Crippen molar-refractivity contribution in [2.24, 2.45) is 7.05 Å². The van der Waals surface area contributed by atoms with Crippen LogP contribution in [-0.4, -0.2) is 26.3 Å². The molecule has 2 heterocycles. The van der Waals surface area contributed by atoms with Crippen molar-refractivity contribution >= 4 is 11.6 Å². The van der Waals surface area contributed by atoms with Crippen molar-refractivity contribution in [1.29, 1.82) is 0 Å². The Balaban J connectivity index is 1.62. The highest BCUT2D eigenvalue weighted by molar-refractivity contribution is 5.45. The summed E-state index contributed by atoms with van der Waals surface area (Å²) in [6.45, 7) is 0.806. The summed E-state index contributed by atoms with van der Waals surface area (Å²) in [5.74, 6) is 2.75. The fourth-order valence-electron chi connectivity index (χ4n) is 2.07. The average Bonchev–Trinajstić information content (AvgIpc) is 3.14.